The van der Waals surface area contributed by atoms with Gasteiger partial charge in [-0.15, -0.1) is 25.3 Å². The summed E-state index contributed by atoms with van der Waals surface area (Å²) in [4.78, 5) is 47.2. The molecule has 0 spiro atoms. The van der Waals surface area contributed by atoms with E-state index < -0.39 is 23.9 Å². The molecule has 0 aliphatic heterocycles. The number of amides is 2. The Kier molecular flexibility index (Phi) is 8.72. The van der Waals surface area contributed by atoms with Crippen molar-refractivity contribution in [1.82, 2.24) is 20.6 Å². The molecule has 0 saturated heterocycles. The Balaban J connectivity index is 1.17. The van der Waals surface area contributed by atoms with Gasteiger partial charge in [-0.3, -0.25) is 9.59 Å². The van der Waals surface area contributed by atoms with Crippen LogP contribution in [0.4, 0.5) is 0 Å². The largest absolute Gasteiger partial charge is 0.478 e. The molecule has 2 heterocycles. The van der Waals surface area contributed by atoms with Crippen molar-refractivity contribution in [2.24, 2.45) is 0 Å². The maximum atomic E-state index is 13.2. The van der Waals surface area contributed by atoms with Crippen molar-refractivity contribution in [2.45, 2.75) is 16.0 Å². The van der Waals surface area contributed by atoms with E-state index in [2.05, 4.69) is 45.9 Å². The summed E-state index contributed by atoms with van der Waals surface area (Å²) in [6.45, 7) is 0. The molecule has 4 aromatic carbocycles. The number of nitrogens with one attached hydrogen (secondary N) is 2. The Hall–Kier alpha value is -5.59. The number of aromatic nitrogens is 2. The van der Waals surface area contributed by atoms with E-state index in [1.807, 2.05) is 60.7 Å². The number of carbonyl (C=O) groups excluding carboxylic acids is 2. The fraction of sp³-hybridized carbons (Fsp3) is 0.0294. The molecular weight excluding hydrogens is 625 g/mol. The molecule has 0 aliphatic carbocycles. The van der Waals surface area contributed by atoms with Gasteiger partial charge in [-0.05, 0) is 71.4 Å². The number of aliphatic carboxylic acids is 1. The van der Waals surface area contributed by atoms with Crippen molar-refractivity contribution in [2.75, 3.05) is 0 Å². The van der Waals surface area contributed by atoms with Crippen LogP contribution < -0.4 is 20.1 Å². The van der Waals surface area contributed by atoms with E-state index in [0.717, 1.165) is 0 Å². The highest BCUT2D eigenvalue weighted by Gasteiger charge is 2.27. The van der Waals surface area contributed by atoms with E-state index in [-0.39, 0.29) is 21.2 Å². The van der Waals surface area contributed by atoms with Gasteiger partial charge in [-0.25, -0.2) is 14.8 Å². The fourth-order valence-electron chi connectivity index (χ4n) is 4.64. The Morgan fingerprint density at radius 1 is 0.609 bits per heavy atom. The summed E-state index contributed by atoms with van der Waals surface area (Å²) in [6, 6.07) is 28.9. The van der Waals surface area contributed by atoms with Gasteiger partial charge in [0.1, 0.15) is 34.4 Å². The monoisotopic (exact) mass is 648 g/mol. The van der Waals surface area contributed by atoms with Crippen molar-refractivity contribution >= 4 is 64.6 Å². The molecular formula is C34H24N4O6S2. The first kappa shape index (κ1) is 30.4. The average Bonchev–Trinajstić information content (AvgIpc) is 3.05. The molecule has 6 rings (SSSR count). The summed E-state index contributed by atoms with van der Waals surface area (Å²) in [5.74, 6) is -0.775. The molecule has 46 heavy (non-hydrogen) atoms. The minimum Gasteiger partial charge on any atom is -0.478 e. The third-order valence-corrected chi connectivity index (χ3v) is 7.76. The molecule has 12 heteroatoms. The summed E-state index contributed by atoms with van der Waals surface area (Å²) in [7, 11) is 0. The maximum Gasteiger partial charge on any atom is 0.347 e. The number of hydrogen-bond donors (Lipinski definition) is 5. The molecule has 0 bridgehead atoms. The average molecular weight is 649 g/mol. The van der Waals surface area contributed by atoms with Crippen LogP contribution in [0.2, 0.25) is 0 Å². The fourth-order valence-corrected chi connectivity index (χ4v) is 5.36. The van der Waals surface area contributed by atoms with E-state index in [4.69, 9.17) is 9.47 Å². The van der Waals surface area contributed by atoms with Crippen LogP contribution in [0.15, 0.2) is 119 Å². The SMILES string of the molecule is O=C(NC(NC(=O)c1ncc2cc(Oc3ccccc3)ccc2c1S)C(=O)O)c1ncc2cc(Oc3ccccc3)ccc2c1S. The molecule has 2 aromatic heterocycles. The van der Waals surface area contributed by atoms with Gasteiger partial charge in [0, 0.05) is 33.0 Å². The number of fused-ring (bicyclic) bond motifs is 2. The Morgan fingerprint density at radius 2 is 1.02 bits per heavy atom. The van der Waals surface area contributed by atoms with E-state index in [1.54, 1.807) is 36.4 Å². The molecule has 0 aliphatic rings. The predicted octanol–water partition coefficient (Wildman–Crippen LogP) is 6.52. The summed E-state index contributed by atoms with van der Waals surface area (Å²) in [5, 5.41) is 16.9. The number of carboxylic acid groups (broad SMARTS) is 1. The summed E-state index contributed by atoms with van der Waals surface area (Å²) in [5.41, 5.74) is -0.249. The minimum atomic E-state index is -1.81. The highest BCUT2D eigenvalue weighted by atomic mass is 32.1. The lowest BCUT2D eigenvalue weighted by Gasteiger charge is -2.17. The van der Waals surface area contributed by atoms with Gasteiger partial charge in [-0.2, -0.15) is 0 Å². The molecule has 2 amide bonds. The lowest BCUT2D eigenvalue weighted by Crippen LogP contribution is -2.53. The first-order valence-electron chi connectivity index (χ1n) is 13.8. The Labute approximate surface area is 273 Å². The smallest absolute Gasteiger partial charge is 0.347 e. The number of thiol groups is 2. The lowest BCUT2D eigenvalue weighted by atomic mass is 10.1. The number of carbonyl (C=O) groups is 3. The predicted molar refractivity (Wildman–Crippen MR) is 177 cm³/mol. The second-order valence-electron chi connectivity index (χ2n) is 9.96. The summed E-state index contributed by atoms with van der Waals surface area (Å²) < 4.78 is 11.7. The van der Waals surface area contributed by atoms with Crippen LogP contribution in [-0.4, -0.2) is 39.0 Å². The van der Waals surface area contributed by atoms with Gasteiger partial charge in [0.05, 0.1) is 0 Å². The summed E-state index contributed by atoms with van der Waals surface area (Å²) >= 11 is 8.99. The first-order chi connectivity index (χ1) is 22.3. The van der Waals surface area contributed by atoms with Gasteiger partial charge in [0.25, 0.3) is 11.8 Å². The number of hydrogen-bond acceptors (Lipinski definition) is 9. The van der Waals surface area contributed by atoms with E-state index >= 15 is 0 Å². The number of rotatable bonds is 9. The molecule has 6 aromatic rings. The molecule has 0 fully saturated rings. The van der Waals surface area contributed by atoms with Gasteiger partial charge in [0.15, 0.2) is 0 Å². The second kappa shape index (κ2) is 13.2. The van der Waals surface area contributed by atoms with Crippen LogP contribution in [0.25, 0.3) is 21.5 Å². The number of carboxylic acids is 1. The van der Waals surface area contributed by atoms with Crippen LogP contribution in [0.3, 0.4) is 0 Å². The van der Waals surface area contributed by atoms with Crippen molar-refractivity contribution in [3.8, 4) is 23.0 Å². The van der Waals surface area contributed by atoms with Crippen molar-refractivity contribution in [3.05, 3.63) is 121 Å². The molecule has 3 N–H and O–H groups in total. The zero-order chi connectivity index (χ0) is 32.2. The third-order valence-electron chi connectivity index (χ3n) is 6.86. The van der Waals surface area contributed by atoms with E-state index in [9.17, 15) is 19.5 Å². The molecule has 228 valence electrons. The Morgan fingerprint density at radius 3 is 1.41 bits per heavy atom. The zero-order valence-electron chi connectivity index (χ0n) is 23.7. The topological polar surface area (TPSA) is 140 Å². The van der Waals surface area contributed by atoms with Crippen LogP contribution >= 0.6 is 25.3 Å². The van der Waals surface area contributed by atoms with Crippen molar-refractivity contribution in [3.63, 3.8) is 0 Å². The van der Waals surface area contributed by atoms with Crippen LogP contribution in [-0.2, 0) is 4.79 Å². The second-order valence-corrected chi connectivity index (χ2v) is 10.9. The number of pyridine rings is 2. The standard InChI is InChI=1S/C34H24N4O6S2/c39-32(27-29(45)25-13-11-23(15-19(25)17-35-27)43-21-7-3-1-4-8-21)37-31(34(41)42)38-33(40)28-30(46)26-14-12-24(16-20(26)18-36-28)44-22-9-5-2-6-10-22/h1-18,31,45-46H,(H,37,39)(H,38,40)(H,41,42). The highest BCUT2D eigenvalue weighted by molar-refractivity contribution is 7.80. The normalized spacial score (nSPS) is 10.9. The number of para-hydroxylation sites is 2. The molecule has 0 saturated carbocycles. The lowest BCUT2D eigenvalue weighted by molar-refractivity contribution is -0.139. The van der Waals surface area contributed by atoms with Crippen molar-refractivity contribution < 1.29 is 29.0 Å². The van der Waals surface area contributed by atoms with Crippen LogP contribution in [0.1, 0.15) is 21.0 Å². The van der Waals surface area contributed by atoms with Crippen LogP contribution in [0, 0.1) is 0 Å². The third kappa shape index (κ3) is 6.58. The van der Waals surface area contributed by atoms with E-state index in [1.165, 1.54) is 12.4 Å². The first-order valence-corrected chi connectivity index (χ1v) is 14.7. The number of nitrogens with zero attached hydrogens (tertiary/aromatic N) is 2. The number of ether oxygens (including phenoxy) is 2. The quantitative estimate of drug-likeness (QED) is 0.0883. The minimum absolute atomic E-state index is 0.125. The molecule has 10 nitrogen and oxygen atoms in total. The van der Waals surface area contributed by atoms with Gasteiger partial charge >= 0.3 is 5.97 Å². The van der Waals surface area contributed by atoms with E-state index in [0.29, 0.717) is 44.5 Å². The molecule has 0 unspecified atom stereocenters. The molecule has 0 radical (unpaired) electrons. The maximum absolute atomic E-state index is 13.2. The zero-order valence-corrected chi connectivity index (χ0v) is 25.5. The molecule has 0 atom stereocenters. The van der Waals surface area contributed by atoms with Crippen LogP contribution in [0.5, 0.6) is 23.0 Å². The Bertz CT molecular complexity index is 1970. The van der Waals surface area contributed by atoms with Gasteiger partial charge < -0.3 is 25.2 Å². The highest BCUT2D eigenvalue weighted by Crippen LogP contribution is 2.31. The van der Waals surface area contributed by atoms with Gasteiger partial charge in [0.2, 0.25) is 6.17 Å². The number of benzene rings is 4. The van der Waals surface area contributed by atoms with Crippen molar-refractivity contribution in [1.29, 1.82) is 0 Å². The summed E-state index contributed by atoms with van der Waals surface area (Å²) in [6.07, 6.45) is 1.11. The van der Waals surface area contributed by atoms with Gasteiger partial charge in [-0.1, -0.05) is 36.4 Å².